The fourth-order valence-electron chi connectivity index (χ4n) is 5.67. The zero-order chi connectivity index (χ0) is 31.6. The van der Waals surface area contributed by atoms with Crippen molar-refractivity contribution in [2.45, 2.75) is 60.3 Å². The number of phenolic OH excluding ortho intramolecular Hbond substituents is 2. The fourth-order valence-corrected chi connectivity index (χ4v) is 5.67. The number of phenols is 2. The zero-order valence-corrected chi connectivity index (χ0v) is 26.1. The van der Waals surface area contributed by atoms with Crippen molar-refractivity contribution in [2.75, 3.05) is 42.6 Å². The summed E-state index contributed by atoms with van der Waals surface area (Å²) in [5.41, 5.74) is -0.816. The van der Waals surface area contributed by atoms with Crippen LogP contribution in [0.15, 0.2) is 60.7 Å². The van der Waals surface area contributed by atoms with Gasteiger partial charge in [-0.1, -0.05) is 50.5 Å². The normalized spacial score (nSPS) is 15.2. The van der Waals surface area contributed by atoms with E-state index < -0.39 is 28.9 Å². The van der Waals surface area contributed by atoms with Crippen LogP contribution in [0.25, 0.3) is 0 Å². The Morgan fingerprint density at radius 1 is 0.744 bits per heavy atom. The molecule has 232 valence electrons. The van der Waals surface area contributed by atoms with Gasteiger partial charge in [0.1, 0.15) is 16.9 Å². The number of rotatable bonds is 16. The zero-order valence-electron chi connectivity index (χ0n) is 26.1. The van der Waals surface area contributed by atoms with Crippen LogP contribution in [0.4, 0.5) is 11.4 Å². The Morgan fingerprint density at radius 3 is 1.70 bits per heavy atom. The molecule has 0 amide bonds. The van der Waals surface area contributed by atoms with E-state index in [4.69, 9.17) is 4.74 Å². The van der Waals surface area contributed by atoms with Crippen LogP contribution in [0.2, 0.25) is 0 Å². The second-order valence-electron chi connectivity index (χ2n) is 10.7. The third-order valence-corrected chi connectivity index (χ3v) is 8.22. The number of hydrogen-bond acceptors (Lipinski definition) is 8. The predicted molar refractivity (Wildman–Crippen MR) is 171 cm³/mol. The van der Waals surface area contributed by atoms with Gasteiger partial charge in [0.05, 0.1) is 23.7 Å². The van der Waals surface area contributed by atoms with E-state index in [-0.39, 0.29) is 29.2 Å². The SMILES string of the molecule is CCCCCCOC(=O)C1C=CC=CC1(C(=O)c1ccc(N(CC)CC)cc1O)C(=O)c1ccc(N(CC)CC)cc1O. The molecule has 8 nitrogen and oxygen atoms in total. The maximum atomic E-state index is 14.5. The molecule has 0 saturated heterocycles. The summed E-state index contributed by atoms with van der Waals surface area (Å²) in [7, 11) is 0. The highest BCUT2D eigenvalue weighted by atomic mass is 16.5. The smallest absolute Gasteiger partial charge is 0.314 e. The van der Waals surface area contributed by atoms with Crippen LogP contribution in [0.3, 0.4) is 0 Å². The number of hydrogen-bond donors (Lipinski definition) is 2. The van der Waals surface area contributed by atoms with E-state index in [0.717, 1.165) is 30.6 Å². The molecule has 3 rings (SSSR count). The number of allylic oxidation sites excluding steroid dienone is 3. The summed E-state index contributed by atoms with van der Waals surface area (Å²) in [4.78, 5) is 46.6. The van der Waals surface area contributed by atoms with Gasteiger partial charge in [-0.2, -0.15) is 0 Å². The lowest BCUT2D eigenvalue weighted by molar-refractivity contribution is -0.148. The van der Waals surface area contributed by atoms with Crippen LogP contribution in [0.1, 0.15) is 81.0 Å². The molecular formula is C35H46N2O6. The van der Waals surface area contributed by atoms with E-state index in [1.54, 1.807) is 24.3 Å². The molecule has 0 radical (unpaired) electrons. The molecule has 43 heavy (non-hydrogen) atoms. The Balaban J connectivity index is 2.13. The number of esters is 1. The first kappa shape index (κ1) is 33.4. The van der Waals surface area contributed by atoms with Gasteiger partial charge in [-0.3, -0.25) is 14.4 Å². The standard InChI is InChI=1S/C35H46N2O6/c1-6-11-12-15-22-43-34(42)29-16-13-14-21-35(29,32(40)27-19-17-25(23-30(27)38)36(7-2)8-3)33(41)28-20-18-26(24-31(28)39)37(9-4)10-5/h13-14,16-21,23-24,29,38-39H,6-12,15,22H2,1-5H3. The number of nitrogens with zero attached hydrogens (tertiary/aromatic N) is 2. The topological polar surface area (TPSA) is 107 Å². The first-order valence-electron chi connectivity index (χ1n) is 15.5. The van der Waals surface area contributed by atoms with Crippen LogP contribution < -0.4 is 9.80 Å². The summed E-state index contributed by atoms with van der Waals surface area (Å²) in [5.74, 6) is -4.09. The molecule has 0 aliphatic heterocycles. The molecule has 0 aromatic heterocycles. The number of carbonyl (C=O) groups is 3. The lowest BCUT2D eigenvalue weighted by Crippen LogP contribution is -2.48. The van der Waals surface area contributed by atoms with Gasteiger partial charge in [0.15, 0.2) is 11.6 Å². The van der Waals surface area contributed by atoms with Gasteiger partial charge < -0.3 is 24.7 Å². The molecule has 2 N–H and O–H groups in total. The molecule has 8 heteroatoms. The summed E-state index contributed by atoms with van der Waals surface area (Å²) in [6, 6.07) is 9.41. The van der Waals surface area contributed by atoms with Crippen molar-refractivity contribution in [3.63, 3.8) is 0 Å². The van der Waals surface area contributed by atoms with E-state index >= 15 is 0 Å². The summed E-state index contributed by atoms with van der Waals surface area (Å²) in [6.45, 7) is 13.0. The second kappa shape index (κ2) is 15.4. The maximum Gasteiger partial charge on any atom is 0.314 e. The Hall–Kier alpha value is -4.07. The molecular weight excluding hydrogens is 544 g/mol. The van der Waals surface area contributed by atoms with Crippen molar-refractivity contribution in [1.82, 2.24) is 0 Å². The number of anilines is 2. The minimum atomic E-state index is -2.09. The Labute approximate surface area is 255 Å². The van der Waals surface area contributed by atoms with Gasteiger partial charge in [-0.25, -0.2) is 0 Å². The fraction of sp³-hybridized carbons (Fsp3) is 0.457. The number of benzene rings is 2. The maximum absolute atomic E-state index is 14.5. The van der Waals surface area contributed by atoms with Gasteiger partial charge in [-0.05, 0) is 58.4 Å². The monoisotopic (exact) mass is 590 g/mol. The molecule has 0 heterocycles. The highest BCUT2D eigenvalue weighted by Crippen LogP contribution is 2.44. The number of ketones is 2. The van der Waals surface area contributed by atoms with E-state index in [0.29, 0.717) is 32.6 Å². The van der Waals surface area contributed by atoms with Crippen LogP contribution in [0, 0.1) is 11.3 Å². The average molecular weight is 591 g/mol. The van der Waals surface area contributed by atoms with Crippen LogP contribution in [0.5, 0.6) is 11.5 Å². The van der Waals surface area contributed by atoms with Crippen molar-refractivity contribution in [1.29, 1.82) is 0 Å². The van der Waals surface area contributed by atoms with Gasteiger partial charge >= 0.3 is 5.97 Å². The number of aromatic hydroxyl groups is 2. The first-order chi connectivity index (χ1) is 20.7. The Kier molecular flexibility index (Phi) is 12.0. The number of unbranched alkanes of at least 4 members (excludes halogenated alkanes) is 3. The van der Waals surface area contributed by atoms with Crippen LogP contribution in [-0.4, -0.2) is 60.5 Å². The summed E-state index contributed by atoms with van der Waals surface area (Å²) < 4.78 is 5.61. The molecule has 2 aromatic carbocycles. The molecule has 0 saturated carbocycles. The van der Waals surface area contributed by atoms with E-state index in [9.17, 15) is 24.6 Å². The van der Waals surface area contributed by atoms with E-state index in [2.05, 4.69) is 6.92 Å². The molecule has 1 aliphatic carbocycles. The predicted octanol–water partition coefficient (Wildman–Crippen LogP) is 6.71. The van der Waals surface area contributed by atoms with Crippen molar-refractivity contribution in [2.24, 2.45) is 11.3 Å². The lowest BCUT2D eigenvalue weighted by Gasteiger charge is -2.35. The largest absolute Gasteiger partial charge is 0.507 e. The molecule has 1 atom stereocenters. The van der Waals surface area contributed by atoms with Crippen molar-refractivity contribution >= 4 is 28.9 Å². The summed E-state index contributed by atoms with van der Waals surface area (Å²) in [6.07, 6.45) is 9.65. The number of carbonyl (C=O) groups excluding carboxylic acids is 3. The lowest BCUT2D eigenvalue weighted by atomic mass is 9.64. The first-order valence-corrected chi connectivity index (χ1v) is 15.5. The Bertz CT molecular complexity index is 1270. The van der Waals surface area contributed by atoms with Crippen molar-refractivity contribution in [3.8, 4) is 11.5 Å². The molecule has 0 bridgehead atoms. The van der Waals surface area contributed by atoms with Crippen LogP contribution >= 0.6 is 0 Å². The third-order valence-electron chi connectivity index (χ3n) is 8.22. The Morgan fingerprint density at radius 2 is 1.26 bits per heavy atom. The summed E-state index contributed by atoms with van der Waals surface area (Å²) >= 11 is 0. The molecule has 1 aliphatic rings. The molecule has 1 unspecified atom stereocenters. The minimum absolute atomic E-state index is 0.0933. The van der Waals surface area contributed by atoms with E-state index in [1.165, 1.54) is 36.4 Å². The molecule has 0 fully saturated rings. The third kappa shape index (κ3) is 7.12. The van der Waals surface area contributed by atoms with Crippen LogP contribution in [-0.2, 0) is 9.53 Å². The summed E-state index contributed by atoms with van der Waals surface area (Å²) in [5, 5.41) is 22.2. The van der Waals surface area contributed by atoms with E-state index in [1.807, 2.05) is 37.5 Å². The minimum Gasteiger partial charge on any atom is -0.507 e. The van der Waals surface area contributed by atoms with Crippen molar-refractivity contribution < 1.29 is 29.3 Å². The number of Topliss-reactive ketones (excluding diaryl/α,β-unsaturated/α-hetero) is 2. The van der Waals surface area contributed by atoms with Gasteiger partial charge in [-0.15, -0.1) is 0 Å². The molecule has 2 aromatic rings. The highest BCUT2D eigenvalue weighted by molar-refractivity contribution is 6.25. The second-order valence-corrected chi connectivity index (χ2v) is 10.7. The molecule has 0 spiro atoms. The highest BCUT2D eigenvalue weighted by Gasteiger charge is 2.55. The van der Waals surface area contributed by atoms with Gasteiger partial charge in [0.2, 0.25) is 0 Å². The van der Waals surface area contributed by atoms with Gasteiger partial charge in [0.25, 0.3) is 0 Å². The quantitative estimate of drug-likeness (QED) is 0.0962. The van der Waals surface area contributed by atoms with Gasteiger partial charge in [0, 0.05) is 49.7 Å². The number of ether oxygens (including phenoxy) is 1. The van der Waals surface area contributed by atoms with Crippen molar-refractivity contribution in [3.05, 3.63) is 71.8 Å². The average Bonchev–Trinajstić information content (AvgIpc) is 3.01.